The molecule has 1 saturated carbocycles. The van der Waals surface area contributed by atoms with Gasteiger partial charge in [-0.25, -0.2) is 4.79 Å². The number of hydrogen-bond donors (Lipinski definition) is 3. The highest BCUT2D eigenvalue weighted by Crippen LogP contribution is 2.36. The summed E-state index contributed by atoms with van der Waals surface area (Å²) in [6.07, 6.45) is 5.41. The van der Waals surface area contributed by atoms with Gasteiger partial charge in [0, 0.05) is 30.3 Å². The highest BCUT2D eigenvalue weighted by molar-refractivity contribution is 5.67. The molecule has 9 nitrogen and oxygen atoms in total. The van der Waals surface area contributed by atoms with Crippen LogP contribution in [0.25, 0.3) is 0 Å². The summed E-state index contributed by atoms with van der Waals surface area (Å²) in [6.45, 7) is 2.52. The van der Waals surface area contributed by atoms with Crippen molar-refractivity contribution in [1.29, 1.82) is 0 Å². The van der Waals surface area contributed by atoms with Gasteiger partial charge < -0.3 is 20.1 Å². The van der Waals surface area contributed by atoms with Gasteiger partial charge >= 0.3 is 6.09 Å². The Morgan fingerprint density at radius 1 is 1.19 bits per heavy atom. The van der Waals surface area contributed by atoms with E-state index in [1.807, 2.05) is 19.1 Å². The van der Waals surface area contributed by atoms with Gasteiger partial charge in [0.15, 0.2) is 5.82 Å². The number of carbonyl (C=O) groups is 1. The molecule has 1 amide bonds. The van der Waals surface area contributed by atoms with Crippen LogP contribution in [-0.2, 0) is 4.74 Å². The van der Waals surface area contributed by atoms with E-state index in [1.54, 1.807) is 6.20 Å². The minimum atomic E-state index is -0.346. The predicted molar refractivity (Wildman–Crippen MR) is 98.1 cm³/mol. The third-order valence-electron chi connectivity index (χ3n) is 4.98. The fourth-order valence-electron chi connectivity index (χ4n) is 3.60. The zero-order valence-corrected chi connectivity index (χ0v) is 15.3. The maximum Gasteiger partial charge on any atom is 0.407 e. The number of carbonyl (C=O) groups excluding carboxylic acids is 1. The number of aromatic nitrogens is 4. The lowest BCUT2D eigenvalue weighted by atomic mass is 10.0. The van der Waals surface area contributed by atoms with Gasteiger partial charge in [-0.05, 0) is 39.0 Å². The molecule has 9 heteroatoms. The van der Waals surface area contributed by atoms with Gasteiger partial charge in [-0.15, -0.1) is 5.10 Å². The lowest BCUT2D eigenvalue weighted by Gasteiger charge is -2.15. The molecule has 3 heterocycles. The molecule has 3 N–H and O–H groups in total. The Bertz CT molecular complexity index is 795. The molecule has 3 atom stereocenters. The molecule has 6 bridgehead atoms. The number of H-pyrrole nitrogens is 1. The Balaban J connectivity index is 1.53. The standard InChI is InChI=1S/C18H24N6O3/c1-11-3-2-6-19-18(25)27-14-5-4-12(7-14)15-9-16(23-22-15)21-13-8-17(26-11)24-20-10-13/h8-12,14H,2-7H2,1H3,(H,19,25)(H2,21,22,23)/t11-,12+,14-/m1/s1. The molecule has 0 unspecified atom stereocenters. The zero-order valence-electron chi connectivity index (χ0n) is 15.3. The van der Waals surface area contributed by atoms with Crippen LogP contribution in [0.15, 0.2) is 18.3 Å². The first kappa shape index (κ1) is 17.6. The number of anilines is 2. The number of rotatable bonds is 0. The van der Waals surface area contributed by atoms with E-state index < -0.39 is 0 Å². The van der Waals surface area contributed by atoms with Gasteiger partial charge in [0.05, 0.1) is 18.0 Å². The minimum Gasteiger partial charge on any atom is -0.474 e. The molecule has 0 saturated heterocycles. The molecule has 1 aliphatic heterocycles. The van der Waals surface area contributed by atoms with E-state index in [4.69, 9.17) is 9.47 Å². The van der Waals surface area contributed by atoms with Gasteiger partial charge in [0.2, 0.25) is 5.88 Å². The summed E-state index contributed by atoms with van der Waals surface area (Å²) in [6, 6.07) is 3.79. The van der Waals surface area contributed by atoms with Crippen LogP contribution in [0.2, 0.25) is 0 Å². The lowest BCUT2D eigenvalue weighted by molar-refractivity contribution is 0.0996. The van der Waals surface area contributed by atoms with Crippen LogP contribution in [0.5, 0.6) is 5.88 Å². The van der Waals surface area contributed by atoms with E-state index in [0.29, 0.717) is 24.2 Å². The first-order chi connectivity index (χ1) is 13.2. The average Bonchev–Trinajstić information content (AvgIpc) is 3.28. The number of ether oxygens (including phenoxy) is 2. The summed E-state index contributed by atoms with van der Waals surface area (Å²) in [4.78, 5) is 12.0. The van der Waals surface area contributed by atoms with Crippen LogP contribution >= 0.6 is 0 Å². The Kier molecular flexibility index (Phi) is 5.08. The highest BCUT2D eigenvalue weighted by atomic mass is 16.6. The Labute approximate surface area is 157 Å². The molecule has 0 spiro atoms. The first-order valence-corrected chi connectivity index (χ1v) is 9.42. The predicted octanol–water partition coefficient (Wildman–Crippen LogP) is 2.87. The van der Waals surface area contributed by atoms with E-state index in [2.05, 4.69) is 31.0 Å². The smallest absolute Gasteiger partial charge is 0.407 e. The van der Waals surface area contributed by atoms with E-state index in [1.165, 1.54) is 0 Å². The summed E-state index contributed by atoms with van der Waals surface area (Å²) >= 11 is 0. The fourth-order valence-corrected chi connectivity index (χ4v) is 3.60. The Morgan fingerprint density at radius 3 is 3.04 bits per heavy atom. The van der Waals surface area contributed by atoms with Crippen molar-refractivity contribution in [3.05, 3.63) is 24.0 Å². The molecule has 144 valence electrons. The van der Waals surface area contributed by atoms with Gasteiger partial charge in [-0.1, -0.05) is 0 Å². The summed E-state index contributed by atoms with van der Waals surface area (Å²) < 4.78 is 11.4. The molecule has 2 aliphatic rings. The largest absolute Gasteiger partial charge is 0.474 e. The first-order valence-electron chi connectivity index (χ1n) is 9.42. The van der Waals surface area contributed by atoms with Crippen LogP contribution < -0.4 is 15.4 Å². The SMILES string of the molecule is C[C@@H]1CCCNC(=O)O[C@@H]2CC[C@@H](C2)c2cc(n[nH]2)Nc2cnnc(c2)O1. The molecule has 4 rings (SSSR count). The van der Waals surface area contributed by atoms with Crippen LogP contribution in [-0.4, -0.2) is 45.2 Å². The van der Waals surface area contributed by atoms with Gasteiger partial charge in [0.1, 0.15) is 6.10 Å². The van der Waals surface area contributed by atoms with E-state index >= 15 is 0 Å². The zero-order chi connectivity index (χ0) is 18.6. The van der Waals surface area contributed by atoms with Crippen molar-refractivity contribution in [1.82, 2.24) is 25.7 Å². The van der Waals surface area contributed by atoms with Crippen molar-refractivity contribution in [3.63, 3.8) is 0 Å². The number of nitrogens with zero attached hydrogens (tertiary/aromatic N) is 3. The summed E-state index contributed by atoms with van der Waals surface area (Å²) in [7, 11) is 0. The van der Waals surface area contributed by atoms with Crippen LogP contribution in [0.3, 0.4) is 0 Å². The number of fused-ring (bicyclic) bond motifs is 7. The minimum absolute atomic E-state index is 0.0427. The van der Waals surface area contributed by atoms with Crippen molar-refractivity contribution >= 4 is 17.6 Å². The normalized spacial score (nSPS) is 26.0. The van der Waals surface area contributed by atoms with Gasteiger partial charge in [-0.3, -0.25) is 5.10 Å². The second kappa shape index (κ2) is 7.81. The summed E-state index contributed by atoms with van der Waals surface area (Å²) in [5.41, 5.74) is 1.81. The van der Waals surface area contributed by atoms with Crippen LogP contribution in [0, 0.1) is 0 Å². The van der Waals surface area contributed by atoms with Crippen molar-refractivity contribution in [2.75, 3.05) is 11.9 Å². The van der Waals surface area contributed by atoms with E-state index in [0.717, 1.165) is 43.5 Å². The summed E-state index contributed by atoms with van der Waals surface area (Å²) in [5.74, 6) is 1.47. The molecule has 0 radical (unpaired) electrons. The van der Waals surface area contributed by atoms with Crippen molar-refractivity contribution in [2.24, 2.45) is 0 Å². The average molecular weight is 372 g/mol. The second-order valence-electron chi connectivity index (χ2n) is 7.15. The fraction of sp³-hybridized carbons (Fsp3) is 0.556. The molecule has 27 heavy (non-hydrogen) atoms. The molecule has 2 aromatic rings. The quantitative estimate of drug-likeness (QED) is 0.651. The molecular weight excluding hydrogens is 348 g/mol. The van der Waals surface area contributed by atoms with Crippen molar-refractivity contribution < 1.29 is 14.3 Å². The topological polar surface area (TPSA) is 114 Å². The molecule has 1 fully saturated rings. The van der Waals surface area contributed by atoms with Crippen molar-refractivity contribution in [3.8, 4) is 5.88 Å². The monoisotopic (exact) mass is 372 g/mol. The van der Waals surface area contributed by atoms with Crippen LogP contribution in [0.1, 0.15) is 50.6 Å². The van der Waals surface area contributed by atoms with E-state index in [-0.39, 0.29) is 18.3 Å². The highest BCUT2D eigenvalue weighted by Gasteiger charge is 2.30. The maximum atomic E-state index is 12.0. The van der Waals surface area contributed by atoms with Gasteiger partial charge in [-0.2, -0.15) is 10.2 Å². The van der Waals surface area contributed by atoms with Gasteiger partial charge in [0.25, 0.3) is 0 Å². The van der Waals surface area contributed by atoms with E-state index in [9.17, 15) is 4.79 Å². The summed E-state index contributed by atoms with van der Waals surface area (Å²) in [5, 5.41) is 21.5. The number of nitrogens with one attached hydrogen (secondary N) is 3. The van der Waals surface area contributed by atoms with Crippen LogP contribution in [0.4, 0.5) is 16.3 Å². The Hall–Kier alpha value is -2.84. The Morgan fingerprint density at radius 2 is 2.11 bits per heavy atom. The second-order valence-corrected chi connectivity index (χ2v) is 7.15. The molecule has 0 aromatic carbocycles. The number of amides is 1. The third-order valence-corrected chi connectivity index (χ3v) is 4.98. The van der Waals surface area contributed by atoms with Crippen molar-refractivity contribution in [2.45, 2.75) is 57.2 Å². The molecule has 2 aromatic heterocycles. The lowest BCUT2D eigenvalue weighted by Crippen LogP contribution is -2.29. The third kappa shape index (κ3) is 4.47. The molecular formula is C18H24N6O3. The molecule has 1 aliphatic carbocycles. The number of aromatic amines is 1. The maximum absolute atomic E-state index is 12.0. The number of alkyl carbamates (subject to hydrolysis) is 1. The number of hydrogen-bond acceptors (Lipinski definition) is 7.